The average molecular weight is 315 g/mol. The zero-order chi connectivity index (χ0) is 15.9. The van der Waals surface area contributed by atoms with Gasteiger partial charge >= 0.3 is 5.97 Å². The van der Waals surface area contributed by atoms with Crippen molar-refractivity contribution in [3.05, 3.63) is 46.7 Å². The third-order valence-corrected chi connectivity index (χ3v) is 4.30. The molecule has 0 aliphatic heterocycles. The second-order valence-corrected chi connectivity index (χ2v) is 6.00. The molecule has 6 nitrogen and oxygen atoms in total. The van der Waals surface area contributed by atoms with Crippen LogP contribution >= 0.6 is 11.3 Å². The summed E-state index contributed by atoms with van der Waals surface area (Å²) in [4.78, 5) is 16.3. The number of thiazole rings is 1. The van der Waals surface area contributed by atoms with Crippen molar-refractivity contribution in [1.29, 1.82) is 0 Å². The normalized spacial score (nSPS) is 10.8. The van der Waals surface area contributed by atoms with Crippen LogP contribution < -0.4 is 0 Å². The van der Waals surface area contributed by atoms with Gasteiger partial charge in [-0.15, -0.1) is 11.3 Å². The van der Waals surface area contributed by atoms with E-state index in [-0.39, 0.29) is 11.3 Å². The SMILES string of the molecule is Cc1nc(C)c(-c2ccn(-c3ccc(C(=O)O)c(O)c3)n2)s1. The number of benzene rings is 1. The van der Waals surface area contributed by atoms with Gasteiger partial charge in [0.15, 0.2) is 0 Å². The fraction of sp³-hybridized carbons (Fsp3) is 0.133. The van der Waals surface area contributed by atoms with Crippen molar-refractivity contribution in [3.63, 3.8) is 0 Å². The number of aromatic nitrogens is 3. The summed E-state index contributed by atoms with van der Waals surface area (Å²) in [6.07, 6.45) is 1.76. The average Bonchev–Trinajstić information content (AvgIpc) is 3.04. The van der Waals surface area contributed by atoms with E-state index >= 15 is 0 Å². The number of hydrogen-bond donors (Lipinski definition) is 2. The van der Waals surface area contributed by atoms with Gasteiger partial charge in [0.25, 0.3) is 0 Å². The molecule has 2 heterocycles. The molecule has 0 atom stereocenters. The number of nitrogens with zero attached hydrogens (tertiary/aromatic N) is 3. The molecule has 2 N–H and O–H groups in total. The monoisotopic (exact) mass is 315 g/mol. The molecule has 0 bridgehead atoms. The number of phenols is 1. The van der Waals surface area contributed by atoms with Crippen LogP contribution in [0.25, 0.3) is 16.3 Å². The summed E-state index contributed by atoms with van der Waals surface area (Å²) >= 11 is 1.57. The van der Waals surface area contributed by atoms with Crippen molar-refractivity contribution < 1.29 is 15.0 Å². The lowest BCUT2D eigenvalue weighted by Crippen LogP contribution is -2.00. The molecule has 0 fully saturated rings. The molecule has 2 aromatic heterocycles. The molecular weight excluding hydrogens is 302 g/mol. The van der Waals surface area contributed by atoms with Crippen LogP contribution in [0.4, 0.5) is 0 Å². The highest BCUT2D eigenvalue weighted by molar-refractivity contribution is 7.15. The molecule has 0 amide bonds. The largest absolute Gasteiger partial charge is 0.507 e. The Morgan fingerprint density at radius 1 is 1.27 bits per heavy atom. The van der Waals surface area contributed by atoms with E-state index in [0.717, 1.165) is 21.3 Å². The summed E-state index contributed by atoms with van der Waals surface area (Å²) < 4.78 is 1.59. The first-order valence-electron chi connectivity index (χ1n) is 6.52. The molecule has 0 spiro atoms. The number of carboxylic acid groups (broad SMARTS) is 1. The van der Waals surface area contributed by atoms with Crippen LogP contribution in [0.15, 0.2) is 30.5 Å². The van der Waals surface area contributed by atoms with Crippen LogP contribution in [0.1, 0.15) is 21.1 Å². The third-order valence-electron chi connectivity index (χ3n) is 3.20. The van der Waals surface area contributed by atoms with Crippen molar-refractivity contribution in [2.24, 2.45) is 0 Å². The van der Waals surface area contributed by atoms with Gasteiger partial charge < -0.3 is 10.2 Å². The molecule has 0 aliphatic rings. The van der Waals surface area contributed by atoms with Gasteiger partial charge in [-0.3, -0.25) is 0 Å². The quantitative estimate of drug-likeness (QED) is 0.775. The highest BCUT2D eigenvalue weighted by Crippen LogP contribution is 2.29. The number of aryl methyl sites for hydroxylation is 2. The summed E-state index contributed by atoms with van der Waals surface area (Å²) in [5.74, 6) is -1.45. The molecule has 3 aromatic rings. The van der Waals surface area contributed by atoms with E-state index in [1.54, 1.807) is 28.3 Å². The molecule has 7 heteroatoms. The van der Waals surface area contributed by atoms with Gasteiger partial charge in [0.1, 0.15) is 17.0 Å². The summed E-state index contributed by atoms with van der Waals surface area (Å²) in [5.41, 5.74) is 2.18. The standard InChI is InChI=1S/C15H13N3O3S/c1-8-14(22-9(2)16-8)12-5-6-18(17-12)10-3-4-11(15(20)21)13(19)7-10/h3-7,19H,1-2H3,(H,20,21). The lowest BCUT2D eigenvalue weighted by Gasteiger charge is -2.04. The van der Waals surface area contributed by atoms with Gasteiger partial charge in [-0.05, 0) is 32.0 Å². The summed E-state index contributed by atoms with van der Waals surface area (Å²) in [6, 6.07) is 6.20. The molecule has 112 valence electrons. The number of aromatic hydroxyl groups is 1. The Bertz CT molecular complexity index is 867. The second-order valence-electron chi connectivity index (χ2n) is 4.80. The van der Waals surface area contributed by atoms with Gasteiger partial charge in [0.05, 0.1) is 21.3 Å². The van der Waals surface area contributed by atoms with E-state index in [1.807, 2.05) is 19.9 Å². The highest BCUT2D eigenvalue weighted by Gasteiger charge is 2.13. The number of carbonyl (C=O) groups is 1. The Balaban J connectivity index is 1.99. The van der Waals surface area contributed by atoms with E-state index in [9.17, 15) is 9.90 Å². The Labute approximate surface area is 130 Å². The smallest absolute Gasteiger partial charge is 0.339 e. The van der Waals surface area contributed by atoms with E-state index in [0.29, 0.717) is 5.69 Å². The molecule has 0 saturated heterocycles. The maximum absolute atomic E-state index is 10.9. The molecule has 0 saturated carbocycles. The molecule has 3 rings (SSSR count). The number of hydrogen-bond acceptors (Lipinski definition) is 5. The predicted octanol–water partition coefficient (Wildman–Crippen LogP) is 3.02. The van der Waals surface area contributed by atoms with E-state index in [4.69, 9.17) is 5.11 Å². The highest BCUT2D eigenvalue weighted by atomic mass is 32.1. The van der Waals surface area contributed by atoms with Crippen LogP contribution in [0.5, 0.6) is 5.75 Å². The van der Waals surface area contributed by atoms with Crippen molar-refractivity contribution in [2.45, 2.75) is 13.8 Å². The van der Waals surface area contributed by atoms with Crippen LogP contribution in [0.3, 0.4) is 0 Å². The van der Waals surface area contributed by atoms with Crippen molar-refractivity contribution in [2.75, 3.05) is 0 Å². The fourth-order valence-corrected chi connectivity index (χ4v) is 3.09. The Morgan fingerprint density at radius 2 is 2.05 bits per heavy atom. The van der Waals surface area contributed by atoms with Gasteiger partial charge in [-0.1, -0.05) is 0 Å². The second kappa shape index (κ2) is 5.27. The van der Waals surface area contributed by atoms with Crippen LogP contribution in [-0.4, -0.2) is 30.9 Å². The molecule has 0 unspecified atom stereocenters. The first-order valence-corrected chi connectivity index (χ1v) is 7.34. The zero-order valence-electron chi connectivity index (χ0n) is 11.9. The maximum Gasteiger partial charge on any atom is 0.339 e. The molecule has 22 heavy (non-hydrogen) atoms. The lowest BCUT2D eigenvalue weighted by atomic mass is 10.2. The summed E-state index contributed by atoms with van der Waals surface area (Å²) in [5, 5.41) is 24.1. The fourth-order valence-electron chi connectivity index (χ4n) is 2.20. The topological polar surface area (TPSA) is 88.2 Å². The van der Waals surface area contributed by atoms with E-state index in [1.165, 1.54) is 12.1 Å². The van der Waals surface area contributed by atoms with Crippen molar-refractivity contribution >= 4 is 17.3 Å². The first-order chi connectivity index (χ1) is 10.5. The molecular formula is C15H13N3O3S. The third kappa shape index (κ3) is 2.46. The number of aromatic carboxylic acids is 1. The molecule has 0 aliphatic carbocycles. The predicted molar refractivity (Wildman–Crippen MR) is 82.8 cm³/mol. The van der Waals surface area contributed by atoms with Crippen LogP contribution in [0.2, 0.25) is 0 Å². The molecule has 1 aromatic carbocycles. The number of carboxylic acids is 1. The zero-order valence-corrected chi connectivity index (χ0v) is 12.8. The Kier molecular flexibility index (Phi) is 3.42. The first kappa shape index (κ1) is 14.3. The van der Waals surface area contributed by atoms with Crippen molar-refractivity contribution in [3.8, 4) is 22.0 Å². The maximum atomic E-state index is 10.9. The lowest BCUT2D eigenvalue weighted by molar-refractivity contribution is 0.0694. The van der Waals surface area contributed by atoms with E-state index < -0.39 is 5.97 Å². The van der Waals surface area contributed by atoms with Crippen LogP contribution in [-0.2, 0) is 0 Å². The van der Waals surface area contributed by atoms with Crippen molar-refractivity contribution in [1.82, 2.24) is 14.8 Å². The minimum atomic E-state index is -1.17. The summed E-state index contributed by atoms with van der Waals surface area (Å²) in [6.45, 7) is 3.88. The Hall–Kier alpha value is -2.67. The van der Waals surface area contributed by atoms with Gasteiger partial charge in [-0.2, -0.15) is 5.10 Å². The van der Waals surface area contributed by atoms with Crippen LogP contribution in [0, 0.1) is 13.8 Å². The van der Waals surface area contributed by atoms with Gasteiger partial charge in [0.2, 0.25) is 0 Å². The Morgan fingerprint density at radius 3 is 2.64 bits per heavy atom. The molecule has 0 radical (unpaired) electrons. The minimum absolute atomic E-state index is 0.134. The van der Waals surface area contributed by atoms with Gasteiger partial charge in [-0.25, -0.2) is 14.5 Å². The summed E-state index contributed by atoms with van der Waals surface area (Å²) in [7, 11) is 0. The minimum Gasteiger partial charge on any atom is -0.507 e. The van der Waals surface area contributed by atoms with Gasteiger partial charge in [0, 0.05) is 12.3 Å². The number of rotatable bonds is 3. The van der Waals surface area contributed by atoms with E-state index in [2.05, 4.69) is 10.1 Å².